The molecule has 11 heteroatoms. The van der Waals surface area contributed by atoms with Gasteiger partial charge in [-0.25, -0.2) is 8.42 Å². The standard InChI is InChI=1S/C20H19BrN4O4S2/c1-3-19-23-24-20(30-19)25-31(27,28)15-8-6-14(7-9-15)22-18(26)11-5-13-4-10-17(29-2)16(21)12-13/h4-12H,3H2,1-2H3,(H,22,26)(H,24,25). The number of methoxy groups -OCH3 is 1. The molecule has 0 aliphatic carbocycles. The Morgan fingerprint density at radius 2 is 1.94 bits per heavy atom. The van der Waals surface area contributed by atoms with Gasteiger partial charge in [-0.05, 0) is 70.4 Å². The third kappa shape index (κ3) is 6.12. The molecular weight excluding hydrogens is 504 g/mol. The van der Waals surface area contributed by atoms with Crippen LogP contribution in [0.4, 0.5) is 10.8 Å². The Labute approximate surface area is 192 Å². The zero-order chi connectivity index (χ0) is 22.4. The van der Waals surface area contributed by atoms with Crippen LogP contribution in [0.25, 0.3) is 6.08 Å². The molecule has 0 unspecified atom stereocenters. The van der Waals surface area contributed by atoms with Crippen molar-refractivity contribution in [2.75, 3.05) is 17.1 Å². The third-order valence-corrected chi connectivity index (χ3v) is 7.11. The maximum absolute atomic E-state index is 12.5. The maximum atomic E-state index is 12.5. The number of nitrogens with one attached hydrogen (secondary N) is 2. The number of anilines is 2. The summed E-state index contributed by atoms with van der Waals surface area (Å²) < 4.78 is 33.3. The fraction of sp³-hybridized carbons (Fsp3) is 0.150. The van der Waals surface area contributed by atoms with Gasteiger partial charge in [-0.1, -0.05) is 24.3 Å². The quantitative estimate of drug-likeness (QED) is 0.426. The van der Waals surface area contributed by atoms with E-state index in [1.54, 1.807) is 19.3 Å². The number of benzene rings is 2. The highest BCUT2D eigenvalue weighted by Crippen LogP contribution is 2.26. The molecular formula is C20H19BrN4O4S2. The summed E-state index contributed by atoms with van der Waals surface area (Å²) in [6.45, 7) is 1.91. The molecule has 0 aliphatic heterocycles. The highest BCUT2D eigenvalue weighted by Gasteiger charge is 2.16. The van der Waals surface area contributed by atoms with Crippen molar-refractivity contribution in [2.45, 2.75) is 18.2 Å². The van der Waals surface area contributed by atoms with E-state index in [2.05, 4.69) is 36.2 Å². The number of hydrogen-bond acceptors (Lipinski definition) is 7. The Kier molecular flexibility index (Phi) is 7.42. The number of halogens is 1. The molecule has 3 aromatic rings. The van der Waals surface area contributed by atoms with Gasteiger partial charge in [0, 0.05) is 11.8 Å². The van der Waals surface area contributed by atoms with E-state index in [1.807, 2.05) is 19.1 Å². The zero-order valence-corrected chi connectivity index (χ0v) is 19.8. The number of carbonyl (C=O) groups excluding carboxylic acids is 1. The summed E-state index contributed by atoms with van der Waals surface area (Å²) in [7, 11) is -2.22. The normalized spacial score (nSPS) is 11.5. The van der Waals surface area contributed by atoms with E-state index in [0.29, 0.717) is 17.9 Å². The second-order valence-electron chi connectivity index (χ2n) is 6.20. The lowest BCUT2D eigenvalue weighted by atomic mass is 10.2. The van der Waals surface area contributed by atoms with Crippen molar-refractivity contribution in [2.24, 2.45) is 0 Å². The lowest BCUT2D eigenvalue weighted by Gasteiger charge is -2.07. The molecule has 0 bridgehead atoms. The minimum absolute atomic E-state index is 0.0531. The molecule has 8 nitrogen and oxygen atoms in total. The van der Waals surface area contributed by atoms with Gasteiger partial charge in [-0.2, -0.15) is 0 Å². The van der Waals surface area contributed by atoms with Crippen molar-refractivity contribution in [3.8, 4) is 5.75 Å². The van der Waals surface area contributed by atoms with E-state index in [9.17, 15) is 13.2 Å². The van der Waals surface area contributed by atoms with Crippen LogP contribution in [-0.2, 0) is 21.2 Å². The highest BCUT2D eigenvalue weighted by atomic mass is 79.9. The van der Waals surface area contributed by atoms with E-state index in [-0.39, 0.29) is 15.9 Å². The third-order valence-electron chi connectivity index (χ3n) is 4.03. The van der Waals surface area contributed by atoms with Gasteiger partial charge < -0.3 is 10.1 Å². The second-order valence-corrected chi connectivity index (χ2v) is 9.80. The Hall–Kier alpha value is -2.76. The molecule has 2 aromatic carbocycles. The van der Waals surface area contributed by atoms with Crippen LogP contribution in [0.3, 0.4) is 0 Å². The van der Waals surface area contributed by atoms with Crippen LogP contribution in [0.1, 0.15) is 17.5 Å². The van der Waals surface area contributed by atoms with Crippen molar-refractivity contribution >= 4 is 60.1 Å². The van der Waals surface area contributed by atoms with Crippen molar-refractivity contribution in [1.82, 2.24) is 10.2 Å². The molecule has 3 rings (SSSR count). The smallest absolute Gasteiger partial charge is 0.263 e. The van der Waals surface area contributed by atoms with Crippen LogP contribution in [0, 0.1) is 0 Å². The minimum atomic E-state index is -3.79. The Morgan fingerprint density at radius 3 is 2.55 bits per heavy atom. The summed E-state index contributed by atoms with van der Waals surface area (Å²) in [6, 6.07) is 11.3. The van der Waals surface area contributed by atoms with E-state index < -0.39 is 10.0 Å². The van der Waals surface area contributed by atoms with Gasteiger partial charge in [0.1, 0.15) is 10.8 Å². The molecule has 162 valence electrons. The Morgan fingerprint density at radius 1 is 1.19 bits per heavy atom. The Balaban J connectivity index is 1.63. The van der Waals surface area contributed by atoms with Gasteiger partial charge in [-0.15, -0.1) is 10.2 Å². The maximum Gasteiger partial charge on any atom is 0.263 e. The number of ether oxygens (including phenoxy) is 1. The first kappa shape index (κ1) is 22.9. The molecule has 2 N–H and O–H groups in total. The molecule has 1 heterocycles. The molecule has 0 saturated carbocycles. The van der Waals surface area contributed by atoms with Crippen molar-refractivity contribution in [1.29, 1.82) is 0 Å². The molecule has 0 fully saturated rings. The van der Waals surface area contributed by atoms with Crippen molar-refractivity contribution in [3.05, 3.63) is 63.6 Å². The first-order valence-corrected chi connectivity index (χ1v) is 12.2. The van der Waals surface area contributed by atoms with Gasteiger partial charge >= 0.3 is 0 Å². The lowest BCUT2D eigenvalue weighted by Crippen LogP contribution is -2.13. The average Bonchev–Trinajstić information content (AvgIpc) is 3.19. The molecule has 0 aliphatic rings. The monoisotopic (exact) mass is 522 g/mol. The van der Waals surface area contributed by atoms with E-state index in [1.165, 1.54) is 41.7 Å². The van der Waals surface area contributed by atoms with Crippen molar-refractivity contribution < 1.29 is 17.9 Å². The van der Waals surface area contributed by atoms with E-state index in [0.717, 1.165) is 15.0 Å². The average molecular weight is 523 g/mol. The van der Waals surface area contributed by atoms with E-state index >= 15 is 0 Å². The molecule has 31 heavy (non-hydrogen) atoms. The van der Waals surface area contributed by atoms with Gasteiger partial charge in [0.05, 0.1) is 16.5 Å². The summed E-state index contributed by atoms with van der Waals surface area (Å²) in [6.07, 6.45) is 3.73. The number of hydrogen-bond donors (Lipinski definition) is 2. The number of nitrogens with zero attached hydrogens (tertiary/aromatic N) is 2. The minimum Gasteiger partial charge on any atom is -0.496 e. The van der Waals surface area contributed by atoms with Gasteiger partial charge in [0.15, 0.2) is 0 Å². The second kappa shape index (κ2) is 10.0. The van der Waals surface area contributed by atoms with Gasteiger partial charge in [0.25, 0.3) is 10.0 Å². The van der Waals surface area contributed by atoms with Gasteiger partial charge in [-0.3, -0.25) is 9.52 Å². The first-order valence-electron chi connectivity index (χ1n) is 9.08. The number of carbonyl (C=O) groups is 1. The van der Waals surface area contributed by atoms with Crippen LogP contribution >= 0.6 is 27.3 Å². The SMILES string of the molecule is CCc1nnc(NS(=O)(=O)c2ccc(NC(=O)C=Cc3ccc(OC)c(Br)c3)cc2)s1. The number of rotatable bonds is 8. The van der Waals surface area contributed by atoms with Crippen LogP contribution in [-0.4, -0.2) is 31.6 Å². The predicted molar refractivity (Wildman–Crippen MR) is 125 cm³/mol. The fourth-order valence-electron chi connectivity index (χ4n) is 2.47. The van der Waals surface area contributed by atoms with E-state index in [4.69, 9.17) is 4.74 Å². The lowest BCUT2D eigenvalue weighted by molar-refractivity contribution is -0.111. The van der Waals surface area contributed by atoms with Crippen LogP contribution < -0.4 is 14.8 Å². The summed E-state index contributed by atoms with van der Waals surface area (Å²) in [5.74, 6) is 0.352. The molecule has 0 atom stereocenters. The fourth-order valence-corrected chi connectivity index (χ4v) is 4.94. The van der Waals surface area contributed by atoms with Crippen LogP contribution in [0.15, 0.2) is 57.9 Å². The highest BCUT2D eigenvalue weighted by molar-refractivity contribution is 9.10. The summed E-state index contributed by atoms with van der Waals surface area (Å²) in [5, 5.41) is 11.4. The first-order chi connectivity index (χ1) is 14.8. The summed E-state index contributed by atoms with van der Waals surface area (Å²) in [5.41, 5.74) is 1.28. The number of sulfonamides is 1. The predicted octanol–water partition coefficient (Wildman–Crippen LogP) is 4.32. The van der Waals surface area contributed by atoms with Gasteiger partial charge in [0.2, 0.25) is 11.0 Å². The number of aromatic nitrogens is 2. The number of amides is 1. The summed E-state index contributed by atoms with van der Waals surface area (Å²) in [4.78, 5) is 12.2. The Bertz CT molecular complexity index is 1210. The van der Waals surface area contributed by atoms with Crippen molar-refractivity contribution in [3.63, 3.8) is 0 Å². The van der Waals surface area contributed by atoms with Crippen LogP contribution in [0.2, 0.25) is 0 Å². The number of aryl methyl sites for hydroxylation is 1. The summed E-state index contributed by atoms with van der Waals surface area (Å²) >= 11 is 4.58. The molecule has 1 aromatic heterocycles. The largest absolute Gasteiger partial charge is 0.496 e. The zero-order valence-electron chi connectivity index (χ0n) is 16.6. The molecule has 0 spiro atoms. The molecule has 0 saturated heterocycles. The molecule has 1 amide bonds. The molecule has 0 radical (unpaired) electrons. The topological polar surface area (TPSA) is 110 Å². The van der Waals surface area contributed by atoms with Crippen LogP contribution in [0.5, 0.6) is 5.75 Å².